The molecule has 0 aromatic heterocycles. The van der Waals surface area contributed by atoms with Gasteiger partial charge in [0.1, 0.15) is 5.82 Å². The highest BCUT2D eigenvalue weighted by atomic mass is 35.5. The van der Waals surface area contributed by atoms with Gasteiger partial charge in [-0.1, -0.05) is 46.9 Å². The van der Waals surface area contributed by atoms with Crippen molar-refractivity contribution in [2.75, 3.05) is 6.54 Å². The third-order valence-corrected chi connectivity index (χ3v) is 4.14. The third kappa shape index (κ3) is 4.10. The van der Waals surface area contributed by atoms with Crippen molar-refractivity contribution in [3.63, 3.8) is 0 Å². The molecule has 106 valence electrons. The number of rotatable bonds is 5. The predicted octanol–water partition coefficient (Wildman–Crippen LogP) is 5.12. The minimum atomic E-state index is -0.223. The van der Waals surface area contributed by atoms with E-state index in [9.17, 15) is 4.39 Å². The van der Waals surface area contributed by atoms with E-state index in [2.05, 4.69) is 5.32 Å². The summed E-state index contributed by atoms with van der Waals surface area (Å²) in [5.41, 5.74) is 1.86. The summed E-state index contributed by atoms with van der Waals surface area (Å²) in [4.78, 5) is 0. The molecule has 20 heavy (non-hydrogen) atoms. The van der Waals surface area contributed by atoms with Gasteiger partial charge in [0.15, 0.2) is 0 Å². The van der Waals surface area contributed by atoms with Gasteiger partial charge >= 0.3 is 0 Å². The van der Waals surface area contributed by atoms with Crippen LogP contribution in [-0.4, -0.2) is 6.54 Å². The molecule has 0 radical (unpaired) electrons. The van der Waals surface area contributed by atoms with E-state index in [1.54, 1.807) is 24.3 Å². The highest BCUT2D eigenvalue weighted by molar-refractivity contribution is 6.44. The largest absolute Gasteiger partial charge is 0.312 e. The Labute approximate surface area is 132 Å². The van der Waals surface area contributed by atoms with Crippen molar-refractivity contribution in [1.29, 1.82) is 0 Å². The Bertz CT molecular complexity index is 584. The molecule has 0 atom stereocenters. The van der Waals surface area contributed by atoms with Crippen LogP contribution in [0.25, 0.3) is 0 Å². The molecule has 2 rings (SSSR count). The van der Waals surface area contributed by atoms with Crippen LogP contribution in [0.2, 0.25) is 15.1 Å². The molecule has 2 aromatic carbocycles. The number of hydrogen-bond acceptors (Lipinski definition) is 1. The second-order valence-corrected chi connectivity index (χ2v) is 5.57. The Kier molecular flexibility index (Phi) is 5.67. The van der Waals surface area contributed by atoms with E-state index in [1.807, 2.05) is 0 Å². The van der Waals surface area contributed by atoms with Crippen molar-refractivity contribution in [3.8, 4) is 0 Å². The van der Waals surface area contributed by atoms with Crippen LogP contribution >= 0.6 is 34.8 Å². The first-order valence-corrected chi connectivity index (χ1v) is 7.29. The molecule has 0 saturated heterocycles. The van der Waals surface area contributed by atoms with Crippen LogP contribution in [0, 0.1) is 5.82 Å². The predicted molar refractivity (Wildman–Crippen MR) is 83.3 cm³/mol. The second-order valence-electron chi connectivity index (χ2n) is 4.37. The summed E-state index contributed by atoms with van der Waals surface area (Å²) in [6.45, 7) is 1.28. The van der Waals surface area contributed by atoms with Gasteiger partial charge in [-0.15, -0.1) is 0 Å². The van der Waals surface area contributed by atoms with Crippen LogP contribution in [0.4, 0.5) is 4.39 Å². The summed E-state index contributed by atoms with van der Waals surface area (Å²) in [6.07, 6.45) is 0.802. The Balaban J connectivity index is 1.87. The lowest BCUT2D eigenvalue weighted by atomic mass is 10.1. The summed E-state index contributed by atoms with van der Waals surface area (Å²) in [5.74, 6) is -0.223. The molecule has 0 aliphatic heterocycles. The fraction of sp³-hybridized carbons (Fsp3) is 0.200. The highest BCUT2D eigenvalue weighted by Gasteiger charge is 2.08. The molecule has 1 nitrogen and oxygen atoms in total. The topological polar surface area (TPSA) is 12.0 Å². The van der Waals surface area contributed by atoms with Crippen LogP contribution in [0.3, 0.4) is 0 Å². The van der Waals surface area contributed by atoms with E-state index in [4.69, 9.17) is 34.8 Å². The molecule has 0 heterocycles. The molecule has 0 amide bonds. The Morgan fingerprint density at radius 2 is 1.55 bits per heavy atom. The van der Waals surface area contributed by atoms with E-state index in [0.29, 0.717) is 21.6 Å². The van der Waals surface area contributed by atoms with Crippen molar-refractivity contribution in [2.24, 2.45) is 0 Å². The van der Waals surface area contributed by atoms with Gasteiger partial charge in [0, 0.05) is 17.1 Å². The normalized spacial score (nSPS) is 10.8. The van der Waals surface area contributed by atoms with Crippen LogP contribution in [-0.2, 0) is 13.0 Å². The smallest absolute Gasteiger partial charge is 0.123 e. The van der Waals surface area contributed by atoms with Crippen molar-refractivity contribution < 1.29 is 4.39 Å². The van der Waals surface area contributed by atoms with Gasteiger partial charge in [-0.3, -0.25) is 0 Å². The van der Waals surface area contributed by atoms with Crippen LogP contribution in [0.15, 0.2) is 36.4 Å². The molecule has 0 aliphatic carbocycles. The van der Waals surface area contributed by atoms with Gasteiger partial charge in [0.2, 0.25) is 0 Å². The van der Waals surface area contributed by atoms with Crippen molar-refractivity contribution in [1.82, 2.24) is 5.32 Å². The Morgan fingerprint density at radius 1 is 0.900 bits per heavy atom. The first-order chi connectivity index (χ1) is 9.58. The van der Waals surface area contributed by atoms with Gasteiger partial charge in [-0.05, 0) is 42.8 Å². The molecule has 0 fully saturated rings. The van der Waals surface area contributed by atoms with E-state index in [1.165, 1.54) is 12.1 Å². The lowest BCUT2D eigenvalue weighted by Crippen LogP contribution is -2.17. The second kappa shape index (κ2) is 7.28. The molecule has 0 unspecified atom stereocenters. The molecule has 2 aromatic rings. The minimum absolute atomic E-state index is 0.223. The average Bonchev–Trinajstić information content (AvgIpc) is 2.44. The lowest BCUT2D eigenvalue weighted by molar-refractivity contribution is 0.626. The summed E-state index contributed by atoms with van der Waals surface area (Å²) < 4.78 is 12.8. The van der Waals surface area contributed by atoms with Gasteiger partial charge in [-0.25, -0.2) is 4.39 Å². The van der Waals surface area contributed by atoms with Gasteiger partial charge in [0.05, 0.1) is 10.0 Å². The van der Waals surface area contributed by atoms with Gasteiger partial charge in [0.25, 0.3) is 0 Å². The molecule has 5 heteroatoms. The fourth-order valence-electron chi connectivity index (χ4n) is 1.83. The zero-order valence-electron chi connectivity index (χ0n) is 10.6. The van der Waals surface area contributed by atoms with Crippen molar-refractivity contribution in [3.05, 3.63) is 68.4 Å². The number of halogens is 4. The summed E-state index contributed by atoms with van der Waals surface area (Å²) >= 11 is 18.2. The third-order valence-electron chi connectivity index (χ3n) is 2.94. The molecule has 0 saturated carbocycles. The molecule has 1 N–H and O–H groups in total. The van der Waals surface area contributed by atoms with Crippen molar-refractivity contribution >= 4 is 34.8 Å². The van der Waals surface area contributed by atoms with E-state index < -0.39 is 0 Å². The first kappa shape index (κ1) is 15.6. The monoisotopic (exact) mass is 331 g/mol. The molecule has 0 aliphatic rings. The highest BCUT2D eigenvalue weighted by Crippen LogP contribution is 2.31. The summed E-state index contributed by atoms with van der Waals surface area (Å²) in [6, 6.07) is 9.87. The molecular formula is C15H13Cl3FN. The quantitative estimate of drug-likeness (QED) is 0.592. The maximum absolute atomic E-state index is 12.8. The Hall–Kier alpha value is -0.800. The first-order valence-electron chi connectivity index (χ1n) is 6.15. The maximum Gasteiger partial charge on any atom is 0.123 e. The Morgan fingerprint density at radius 3 is 2.25 bits per heavy atom. The van der Waals surface area contributed by atoms with Crippen LogP contribution in [0.5, 0.6) is 0 Å². The van der Waals surface area contributed by atoms with E-state index in [0.717, 1.165) is 24.1 Å². The van der Waals surface area contributed by atoms with E-state index in [-0.39, 0.29) is 5.82 Å². The maximum atomic E-state index is 12.8. The zero-order chi connectivity index (χ0) is 14.5. The van der Waals surface area contributed by atoms with Gasteiger partial charge < -0.3 is 5.32 Å². The number of nitrogens with one attached hydrogen (secondary N) is 1. The molecule has 0 bridgehead atoms. The van der Waals surface area contributed by atoms with Crippen molar-refractivity contribution in [2.45, 2.75) is 13.0 Å². The van der Waals surface area contributed by atoms with E-state index >= 15 is 0 Å². The van der Waals surface area contributed by atoms with Crippen LogP contribution < -0.4 is 5.32 Å². The van der Waals surface area contributed by atoms with Crippen LogP contribution in [0.1, 0.15) is 11.1 Å². The standard InChI is InChI=1S/C15H13Cl3FN/c16-13-5-6-14(17)15(18)12(13)9-20-8-7-10-1-3-11(19)4-2-10/h1-6,20H,7-9H2. The number of benzene rings is 2. The number of hydrogen-bond donors (Lipinski definition) is 1. The SMILES string of the molecule is Fc1ccc(CCNCc2c(Cl)ccc(Cl)c2Cl)cc1. The summed E-state index contributed by atoms with van der Waals surface area (Å²) in [7, 11) is 0. The average molecular weight is 333 g/mol. The fourth-order valence-corrected chi connectivity index (χ4v) is 2.51. The minimum Gasteiger partial charge on any atom is -0.312 e. The summed E-state index contributed by atoms with van der Waals surface area (Å²) in [5, 5.41) is 4.82. The molecule has 0 spiro atoms. The van der Waals surface area contributed by atoms with Gasteiger partial charge in [-0.2, -0.15) is 0 Å². The lowest BCUT2D eigenvalue weighted by Gasteiger charge is -2.10. The zero-order valence-corrected chi connectivity index (χ0v) is 12.9. The molecular weight excluding hydrogens is 320 g/mol.